The Morgan fingerprint density at radius 3 is 2.53 bits per heavy atom. The molecule has 0 bridgehead atoms. The van der Waals surface area contributed by atoms with Gasteiger partial charge in [-0.2, -0.15) is 0 Å². The zero-order valence-electron chi connectivity index (χ0n) is 10.2. The average molecular weight is 227 g/mol. The summed E-state index contributed by atoms with van der Waals surface area (Å²) in [6.45, 7) is 4.12. The van der Waals surface area contributed by atoms with Crippen LogP contribution in [0.15, 0.2) is 42.7 Å². The predicted octanol–water partition coefficient (Wildman–Crippen LogP) is 2.97. The number of hydrogen-bond donors (Lipinski definition) is 1. The van der Waals surface area contributed by atoms with E-state index < -0.39 is 6.10 Å². The molecule has 1 aromatic carbocycles. The SMILES string of the molecule is Cc1cccc(C(O)Cc2ccncc2)c1C. The largest absolute Gasteiger partial charge is 0.388 e. The molecule has 0 saturated heterocycles. The first-order chi connectivity index (χ1) is 8.18. The monoisotopic (exact) mass is 227 g/mol. The quantitative estimate of drug-likeness (QED) is 0.874. The topological polar surface area (TPSA) is 33.1 Å². The van der Waals surface area contributed by atoms with Gasteiger partial charge in [-0.05, 0) is 48.2 Å². The second kappa shape index (κ2) is 5.11. The van der Waals surface area contributed by atoms with Crippen LogP contribution < -0.4 is 0 Å². The lowest BCUT2D eigenvalue weighted by atomic mass is 9.95. The van der Waals surface area contributed by atoms with Gasteiger partial charge in [0.2, 0.25) is 0 Å². The molecule has 0 radical (unpaired) electrons. The molecule has 0 fully saturated rings. The van der Waals surface area contributed by atoms with Crippen LogP contribution in [0.5, 0.6) is 0 Å². The van der Waals surface area contributed by atoms with Gasteiger partial charge in [0.25, 0.3) is 0 Å². The van der Waals surface area contributed by atoms with E-state index in [4.69, 9.17) is 0 Å². The molecule has 1 atom stereocenters. The molecule has 2 rings (SSSR count). The lowest BCUT2D eigenvalue weighted by Crippen LogP contribution is -2.04. The molecule has 0 saturated carbocycles. The van der Waals surface area contributed by atoms with Gasteiger partial charge in [-0.15, -0.1) is 0 Å². The Balaban J connectivity index is 2.20. The van der Waals surface area contributed by atoms with Crippen molar-refractivity contribution in [2.24, 2.45) is 0 Å². The molecule has 1 heterocycles. The van der Waals surface area contributed by atoms with E-state index >= 15 is 0 Å². The lowest BCUT2D eigenvalue weighted by molar-refractivity contribution is 0.177. The van der Waals surface area contributed by atoms with Gasteiger partial charge in [0.1, 0.15) is 0 Å². The van der Waals surface area contributed by atoms with Crippen molar-refractivity contribution in [3.05, 3.63) is 65.0 Å². The molecule has 88 valence electrons. The summed E-state index contributed by atoms with van der Waals surface area (Å²) in [5, 5.41) is 10.3. The predicted molar refractivity (Wildman–Crippen MR) is 68.8 cm³/mol. The number of hydrogen-bond acceptors (Lipinski definition) is 2. The molecular formula is C15H17NO. The highest BCUT2D eigenvalue weighted by molar-refractivity contribution is 5.35. The molecule has 2 aromatic rings. The number of aromatic nitrogens is 1. The Morgan fingerprint density at radius 2 is 1.82 bits per heavy atom. The molecular weight excluding hydrogens is 210 g/mol. The summed E-state index contributed by atoms with van der Waals surface area (Å²) in [6, 6.07) is 9.93. The molecule has 0 aliphatic rings. The van der Waals surface area contributed by atoms with Crippen molar-refractivity contribution in [3.8, 4) is 0 Å². The van der Waals surface area contributed by atoms with Gasteiger partial charge < -0.3 is 5.11 Å². The molecule has 17 heavy (non-hydrogen) atoms. The van der Waals surface area contributed by atoms with Crippen molar-refractivity contribution in [2.45, 2.75) is 26.4 Å². The Kier molecular flexibility index (Phi) is 3.55. The van der Waals surface area contributed by atoms with Crippen LogP contribution in [0.25, 0.3) is 0 Å². The zero-order chi connectivity index (χ0) is 12.3. The lowest BCUT2D eigenvalue weighted by Gasteiger charge is -2.15. The summed E-state index contributed by atoms with van der Waals surface area (Å²) in [7, 11) is 0. The number of rotatable bonds is 3. The number of nitrogens with zero attached hydrogens (tertiary/aromatic N) is 1. The summed E-state index contributed by atoms with van der Waals surface area (Å²) >= 11 is 0. The number of aryl methyl sites for hydroxylation is 1. The fourth-order valence-electron chi connectivity index (χ4n) is 1.99. The first-order valence-corrected chi connectivity index (χ1v) is 5.81. The highest BCUT2D eigenvalue weighted by atomic mass is 16.3. The Hall–Kier alpha value is -1.67. The van der Waals surface area contributed by atoms with Gasteiger partial charge in [-0.25, -0.2) is 0 Å². The van der Waals surface area contributed by atoms with Crippen LogP contribution in [0.4, 0.5) is 0 Å². The van der Waals surface area contributed by atoms with E-state index in [9.17, 15) is 5.11 Å². The van der Waals surface area contributed by atoms with Crippen LogP contribution in [0.2, 0.25) is 0 Å². The second-order valence-corrected chi connectivity index (χ2v) is 4.36. The van der Waals surface area contributed by atoms with Crippen molar-refractivity contribution in [1.82, 2.24) is 4.98 Å². The van der Waals surface area contributed by atoms with E-state index in [0.717, 1.165) is 11.1 Å². The fourth-order valence-corrected chi connectivity index (χ4v) is 1.99. The number of benzene rings is 1. The van der Waals surface area contributed by atoms with E-state index in [-0.39, 0.29) is 0 Å². The van der Waals surface area contributed by atoms with Crippen molar-refractivity contribution < 1.29 is 5.11 Å². The molecule has 1 unspecified atom stereocenters. The Bertz CT molecular complexity index is 494. The van der Waals surface area contributed by atoms with Gasteiger partial charge in [0.05, 0.1) is 6.10 Å². The Labute approximate surface area is 102 Å². The van der Waals surface area contributed by atoms with Gasteiger partial charge in [-0.3, -0.25) is 4.98 Å². The minimum Gasteiger partial charge on any atom is -0.388 e. The van der Waals surface area contributed by atoms with Gasteiger partial charge in [0, 0.05) is 18.8 Å². The second-order valence-electron chi connectivity index (χ2n) is 4.36. The first kappa shape index (κ1) is 11.8. The molecule has 0 spiro atoms. The van der Waals surface area contributed by atoms with Crippen LogP contribution in [0.1, 0.15) is 28.4 Å². The van der Waals surface area contributed by atoms with Crippen LogP contribution in [-0.4, -0.2) is 10.1 Å². The maximum absolute atomic E-state index is 10.3. The van der Waals surface area contributed by atoms with E-state index in [0.29, 0.717) is 6.42 Å². The van der Waals surface area contributed by atoms with Crippen LogP contribution in [0.3, 0.4) is 0 Å². The molecule has 2 nitrogen and oxygen atoms in total. The smallest absolute Gasteiger partial charge is 0.0833 e. The summed E-state index contributed by atoms with van der Waals surface area (Å²) in [6.07, 6.45) is 3.70. The van der Waals surface area contributed by atoms with Crippen LogP contribution in [0, 0.1) is 13.8 Å². The number of aliphatic hydroxyl groups excluding tert-OH is 1. The highest BCUT2D eigenvalue weighted by Crippen LogP contribution is 2.23. The standard InChI is InChI=1S/C15H17NO/c1-11-4-3-5-14(12(11)2)15(17)10-13-6-8-16-9-7-13/h3-9,15,17H,10H2,1-2H3. The third-order valence-electron chi connectivity index (χ3n) is 3.18. The summed E-state index contributed by atoms with van der Waals surface area (Å²) < 4.78 is 0. The van der Waals surface area contributed by atoms with E-state index in [1.165, 1.54) is 11.1 Å². The van der Waals surface area contributed by atoms with E-state index in [1.807, 2.05) is 24.3 Å². The normalized spacial score (nSPS) is 12.4. The molecule has 0 aliphatic carbocycles. The van der Waals surface area contributed by atoms with Crippen molar-refractivity contribution in [3.63, 3.8) is 0 Å². The maximum atomic E-state index is 10.3. The van der Waals surface area contributed by atoms with Crippen LogP contribution >= 0.6 is 0 Å². The molecule has 0 aliphatic heterocycles. The van der Waals surface area contributed by atoms with Gasteiger partial charge in [0.15, 0.2) is 0 Å². The average Bonchev–Trinajstić information content (AvgIpc) is 2.34. The molecule has 2 heteroatoms. The minimum atomic E-state index is -0.447. The summed E-state index contributed by atoms with van der Waals surface area (Å²) in [5.74, 6) is 0. The first-order valence-electron chi connectivity index (χ1n) is 5.81. The zero-order valence-corrected chi connectivity index (χ0v) is 10.2. The summed E-state index contributed by atoms with van der Waals surface area (Å²) in [4.78, 5) is 3.98. The maximum Gasteiger partial charge on any atom is 0.0833 e. The Morgan fingerprint density at radius 1 is 1.12 bits per heavy atom. The molecule has 1 aromatic heterocycles. The summed E-state index contributed by atoms with van der Waals surface area (Å²) in [5.41, 5.74) is 4.51. The molecule has 1 N–H and O–H groups in total. The minimum absolute atomic E-state index is 0.447. The third-order valence-corrected chi connectivity index (χ3v) is 3.18. The van der Waals surface area contributed by atoms with Crippen molar-refractivity contribution >= 4 is 0 Å². The van der Waals surface area contributed by atoms with Crippen molar-refractivity contribution in [2.75, 3.05) is 0 Å². The van der Waals surface area contributed by atoms with Gasteiger partial charge >= 0.3 is 0 Å². The fraction of sp³-hybridized carbons (Fsp3) is 0.267. The number of pyridine rings is 1. The van der Waals surface area contributed by atoms with E-state index in [2.05, 4.69) is 24.9 Å². The van der Waals surface area contributed by atoms with Gasteiger partial charge in [-0.1, -0.05) is 18.2 Å². The number of aliphatic hydroxyl groups is 1. The van der Waals surface area contributed by atoms with Crippen LogP contribution in [-0.2, 0) is 6.42 Å². The highest BCUT2D eigenvalue weighted by Gasteiger charge is 2.11. The van der Waals surface area contributed by atoms with Crippen molar-refractivity contribution in [1.29, 1.82) is 0 Å². The van der Waals surface area contributed by atoms with E-state index in [1.54, 1.807) is 12.4 Å². The molecule has 0 amide bonds. The third kappa shape index (κ3) is 2.71.